The lowest BCUT2D eigenvalue weighted by Gasteiger charge is -2.15. The molecule has 1 aromatic rings. The van der Waals surface area contributed by atoms with Crippen LogP contribution in [0, 0.1) is 0 Å². The fourth-order valence-corrected chi connectivity index (χ4v) is 1.14. The molecule has 1 aromatic heterocycles. The highest BCUT2D eigenvalue weighted by molar-refractivity contribution is 5.03. The van der Waals surface area contributed by atoms with E-state index in [2.05, 4.69) is 12.0 Å². The number of nitrogens with zero attached hydrogens (tertiary/aromatic N) is 2. The molecule has 0 spiro atoms. The maximum absolute atomic E-state index is 5.87. The lowest BCUT2D eigenvalue weighted by Crippen LogP contribution is -2.34. The molecule has 0 aliphatic heterocycles. The summed E-state index contributed by atoms with van der Waals surface area (Å²) in [6.07, 6.45) is 2.82. The van der Waals surface area contributed by atoms with Gasteiger partial charge < -0.3 is 5.73 Å². The lowest BCUT2D eigenvalue weighted by atomic mass is 10.0. The molecule has 1 rings (SSSR count). The summed E-state index contributed by atoms with van der Waals surface area (Å²) in [6, 6.07) is 2.03. The van der Waals surface area contributed by atoms with Crippen molar-refractivity contribution >= 4 is 0 Å². The molecule has 0 saturated carbocycles. The molecule has 0 aliphatic rings. The molecule has 0 fully saturated rings. The van der Waals surface area contributed by atoms with Crippen LogP contribution in [0.5, 0.6) is 0 Å². The second-order valence-corrected chi connectivity index (χ2v) is 3.83. The van der Waals surface area contributed by atoms with Crippen LogP contribution >= 0.6 is 0 Å². The molecular formula is C9H17N3. The normalized spacial score (nSPS) is 12.0. The first kappa shape index (κ1) is 9.26. The fraction of sp³-hybridized carbons (Fsp3) is 0.667. The fourth-order valence-electron chi connectivity index (χ4n) is 1.14. The molecule has 0 aliphatic carbocycles. The molecule has 1 heterocycles. The minimum Gasteiger partial charge on any atom is -0.325 e. The van der Waals surface area contributed by atoms with E-state index in [0.717, 1.165) is 18.7 Å². The molecule has 0 saturated heterocycles. The van der Waals surface area contributed by atoms with E-state index in [1.54, 1.807) is 0 Å². The van der Waals surface area contributed by atoms with Crippen molar-refractivity contribution in [3.8, 4) is 0 Å². The van der Waals surface area contributed by atoms with E-state index in [1.807, 2.05) is 30.8 Å². The Balaban J connectivity index is 2.64. The molecule has 3 heteroatoms. The van der Waals surface area contributed by atoms with Crippen LogP contribution in [-0.4, -0.2) is 15.3 Å². The van der Waals surface area contributed by atoms with Crippen molar-refractivity contribution in [1.82, 2.24) is 9.78 Å². The SMILES string of the molecule is CCn1ccc(CC(C)(C)N)n1. The Bertz CT molecular complexity index is 245. The van der Waals surface area contributed by atoms with E-state index < -0.39 is 0 Å². The first-order chi connectivity index (χ1) is 5.51. The molecule has 0 amide bonds. The van der Waals surface area contributed by atoms with Gasteiger partial charge in [0.1, 0.15) is 0 Å². The first-order valence-corrected chi connectivity index (χ1v) is 4.32. The molecule has 68 valence electrons. The van der Waals surface area contributed by atoms with Crippen molar-refractivity contribution in [1.29, 1.82) is 0 Å². The first-order valence-electron chi connectivity index (χ1n) is 4.32. The Morgan fingerprint density at radius 1 is 1.58 bits per heavy atom. The summed E-state index contributed by atoms with van der Waals surface area (Å²) in [5, 5.41) is 4.35. The molecule has 12 heavy (non-hydrogen) atoms. The van der Waals surface area contributed by atoms with Crippen molar-refractivity contribution in [2.45, 2.75) is 39.3 Å². The second kappa shape index (κ2) is 3.27. The van der Waals surface area contributed by atoms with Crippen molar-refractivity contribution in [3.63, 3.8) is 0 Å². The average Bonchev–Trinajstić information content (AvgIpc) is 2.32. The van der Waals surface area contributed by atoms with E-state index in [9.17, 15) is 0 Å². The molecule has 3 nitrogen and oxygen atoms in total. The van der Waals surface area contributed by atoms with Crippen molar-refractivity contribution in [2.24, 2.45) is 5.73 Å². The minimum atomic E-state index is -0.160. The summed E-state index contributed by atoms with van der Waals surface area (Å²) >= 11 is 0. The zero-order valence-corrected chi connectivity index (χ0v) is 8.04. The highest BCUT2D eigenvalue weighted by atomic mass is 15.3. The summed E-state index contributed by atoms with van der Waals surface area (Å²) in [7, 11) is 0. The van der Waals surface area contributed by atoms with Crippen molar-refractivity contribution < 1.29 is 0 Å². The van der Waals surface area contributed by atoms with Crippen LogP contribution in [-0.2, 0) is 13.0 Å². The van der Waals surface area contributed by atoms with Crippen LogP contribution in [0.3, 0.4) is 0 Å². The molecular weight excluding hydrogens is 150 g/mol. The van der Waals surface area contributed by atoms with E-state index >= 15 is 0 Å². The van der Waals surface area contributed by atoms with Gasteiger partial charge in [-0.05, 0) is 26.8 Å². The maximum atomic E-state index is 5.87. The lowest BCUT2D eigenvalue weighted by molar-refractivity contribution is 0.503. The number of nitrogens with two attached hydrogens (primary N) is 1. The summed E-state index contributed by atoms with van der Waals surface area (Å²) in [4.78, 5) is 0. The zero-order chi connectivity index (χ0) is 9.19. The third-order valence-electron chi connectivity index (χ3n) is 1.66. The average molecular weight is 167 g/mol. The number of hydrogen-bond donors (Lipinski definition) is 1. The van der Waals surface area contributed by atoms with E-state index in [-0.39, 0.29) is 5.54 Å². The highest BCUT2D eigenvalue weighted by Crippen LogP contribution is 2.07. The second-order valence-electron chi connectivity index (χ2n) is 3.83. The Labute approximate surface area is 73.6 Å². The quantitative estimate of drug-likeness (QED) is 0.734. The number of aryl methyl sites for hydroxylation is 1. The minimum absolute atomic E-state index is 0.160. The van der Waals surface area contributed by atoms with Gasteiger partial charge in [-0.1, -0.05) is 0 Å². The maximum Gasteiger partial charge on any atom is 0.0642 e. The van der Waals surface area contributed by atoms with Crippen LogP contribution in [0.15, 0.2) is 12.3 Å². The van der Waals surface area contributed by atoms with Gasteiger partial charge in [0, 0.05) is 24.7 Å². The van der Waals surface area contributed by atoms with Crippen LogP contribution in [0.2, 0.25) is 0 Å². The molecule has 0 radical (unpaired) electrons. The van der Waals surface area contributed by atoms with Gasteiger partial charge in [0.2, 0.25) is 0 Å². The molecule has 0 atom stereocenters. The summed E-state index contributed by atoms with van der Waals surface area (Å²) in [5.74, 6) is 0. The molecule has 0 unspecified atom stereocenters. The van der Waals surface area contributed by atoms with Gasteiger partial charge in [-0.3, -0.25) is 4.68 Å². The van der Waals surface area contributed by atoms with Crippen LogP contribution in [0.4, 0.5) is 0 Å². The Hall–Kier alpha value is -0.830. The molecule has 2 N–H and O–H groups in total. The standard InChI is InChI=1S/C9H17N3/c1-4-12-6-5-8(11-12)7-9(2,3)10/h5-6H,4,7,10H2,1-3H3. The smallest absolute Gasteiger partial charge is 0.0642 e. The number of aromatic nitrogens is 2. The Morgan fingerprint density at radius 3 is 2.67 bits per heavy atom. The van der Waals surface area contributed by atoms with E-state index in [1.165, 1.54) is 0 Å². The highest BCUT2D eigenvalue weighted by Gasteiger charge is 2.12. The van der Waals surface area contributed by atoms with Gasteiger partial charge in [0.25, 0.3) is 0 Å². The summed E-state index contributed by atoms with van der Waals surface area (Å²) in [5.41, 5.74) is 6.78. The van der Waals surface area contributed by atoms with Crippen molar-refractivity contribution in [2.75, 3.05) is 0 Å². The van der Waals surface area contributed by atoms with Gasteiger partial charge in [-0.2, -0.15) is 5.10 Å². The third-order valence-corrected chi connectivity index (χ3v) is 1.66. The summed E-state index contributed by atoms with van der Waals surface area (Å²) in [6.45, 7) is 7.02. The largest absolute Gasteiger partial charge is 0.325 e. The Morgan fingerprint density at radius 2 is 2.25 bits per heavy atom. The van der Waals surface area contributed by atoms with Gasteiger partial charge in [-0.25, -0.2) is 0 Å². The van der Waals surface area contributed by atoms with Gasteiger partial charge in [0.15, 0.2) is 0 Å². The summed E-state index contributed by atoms with van der Waals surface area (Å²) < 4.78 is 1.92. The third kappa shape index (κ3) is 2.66. The topological polar surface area (TPSA) is 43.8 Å². The monoisotopic (exact) mass is 167 g/mol. The van der Waals surface area contributed by atoms with Crippen LogP contribution < -0.4 is 5.73 Å². The van der Waals surface area contributed by atoms with E-state index in [0.29, 0.717) is 0 Å². The molecule has 0 aromatic carbocycles. The molecule has 0 bridgehead atoms. The predicted octanol–water partition coefficient (Wildman–Crippen LogP) is 1.18. The van der Waals surface area contributed by atoms with Crippen molar-refractivity contribution in [3.05, 3.63) is 18.0 Å². The van der Waals surface area contributed by atoms with Gasteiger partial charge in [-0.15, -0.1) is 0 Å². The van der Waals surface area contributed by atoms with Gasteiger partial charge in [0.05, 0.1) is 5.69 Å². The number of rotatable bonds is 3. The van der Waals surface area contributed by atoms with Crippen LogP contribution in [0.1, 0.15) is 26.5 Å². The van der Waals surface area contributed by atoms with E-state index in [4.69, 9.17) is 5.73 Å². The number of hydrogen-bond acceptors (Lipinski definition) is 2. The van der Waals surface area contributed by atoms with Gasteiger partial charge >= 0.3 is 0 Å². The Kier molecular flexibility index (Phi) is 2.52. The zero-order valence-electron chi connectivity index (χ0n) is 8.04. The van der Waals surface area contributed by atoms with Crippen LogP contribution in [0.25, 0.3) is 0 Å². The predicted molar refractivity (Wildman–Crippen MR) is 49.9 cm³/mol.